The van der Waals surface area contributed by atoms with Crippen LogP contribution in [-0.4, -0.2) is 31.1 Å². The van der Waals surface area contributed by atoms with Crippen molar-refractivity contribution in [2.75, 3.05) is 11.1 Å². The van der Waals surface area contributed by atoms with Gasteiger partial charge in [0.15, 0.2) is 0 Å². The highest BCUT2D eigenvalue weighted by molar-refractivity contribution is 7.89. The molecule has 2 aromatic carbocycles. The molecule has 1 aliphatic rings. The fourth-order valence-electron chi connectivity index (χ4n) is 4.95. The molecule has 8 heteroatoms. The molecular formula is C30H38N4O3S. The number of pyridine rings is 1. The smallest absolute Gasteiger partial charge is 0.224 e. The van der Waals surface area contributed by atoms with Crippen LogP contribution in [0.25, 0.3) is 22.4 Å². The minimum atomic E-state index is -3.20. The van der Waals surface area contributed by atoms with E-state index in [1.807, 2.05) is 74.5 Å². The van der Waals surface area contributed by atoms with E-state index >= 15 is 0 Å². The highest BCUT2D eigenvalue weighted by Gasteiger charge is 2.26. The summed E-state index contributed by atoms with van der Waals surface area (Å²) < 4.78 is 26.5. The predicted molar refractivity (Wildman–Crippen MR) is 154 cm³/mol. The van der Waals surface area contributed by atoms with Gasteiger partial charge in [-0.1, -0.05) is 54.6 Å². The lowest BCUT2D eigenvalue weighted by Crippen LogP contribution is -2.38. The second-order valence-corrected chi connectivity index (χ2v) is 12.8. The molecule has 0 radical (unpaired) electrons. The van der Waals surface area contributed by atoms with Crippen LogP contribution < -0.4 is 15.8 Å². The predicted octanol–water partition coefficient (Wildman–Crippen LogP) is 5.44. The minimum Gasteiger partial charge on any atom is -0.325 e. The lowest BCUT2D eigenvalue weighted by atomic mass is 9.84. The third-order valence-electron chi connectivity index (χ3n) is 7.21. The fraction of sp³-hybridized carbons (Fsp3) is 0.400. The number of rotatable bonds is 9. The molecule has 202 valence electrons. The van der Waals surface area contributed by atoms with Gasteiger partial charge in [0.25, 0.3) is 0 Å². The summed E-state index contributed by atoms with van der Waals surface area (Å²) >= 11 is 0. The summed E-state index contributed by atoms with van der Waals surface area (Å²) in [6.45, 7) is 5.60. The number of carbonyl (C=O) groups is 1. The van der Waals surface area contributed by atoms with Crippen molar-refractivity contribution in [3.05, 3.63) is 72.4 Å². The van der Waals surface area contributed by atoms with Gasteiger partial charge in [-0.05, 0) is 69.6 Å². The average molecular weight is 535 g/mol. The summed E-state index contributed by atoms with van der Waals surface area (Å²) in [6, 6.07) is 20.1. The molecule has 0 unspecified atom stereocenters. The van der Waals surface area contributed by atoms with Crippen LogP contribution in [0, 0.1) is 5.92 Å². The quantitative estimate of drug-likeness (QED) is 0.338. The van der Waals surface area contributed by atoms with Crippen LogP contribution in [0.2, 0.25) is 0 Å². The largest absolute Gasteiger partial charge is 0.325 e. The Morgan fingerprint density at radius 2 is 1.66 bits per heavy atom. The van der Waals surface area contributed by atoms with E-state index in [0.717, 1.165) is 53.6 Å². The third-order valence-corrected chi connectivity index (χ3v) is 8.66. The number of nitrogens with two attached hydrogens (primary N) is 1. The molecule has 0 bridgehead atoms. The minimum absolute atomic E-state index is 0.0329. The normalized spacial score (nSPS) is 18.2. The molecule has 1 aromatic heterocycles. The molecule has 38 heavy (non-hydrogen) atoms. The van der Waals surface area contributed by atoms with Crippen molar-refractivity contribution in [3.8, 4) is 22.4 Å². The Hall–Kier alpha value is -3.07. The van der Waals surface area contributed by atoms with E-state index in [9.17, 15) is 13.2 Å². The standard InChI is InChI=1S/C30H38N4O3S/c1-4-38(36,37)34-25-16-10-21(11-17-25)18-28(35)33-26-19-27(22-8-6-5-7-9-22)29(32-20-26)23-12-14-24(15-13-23)30(2,3)31/h5-9,12-15,19-21,25,34H,4,10-11,16-18,31H2,1-3H3,(H,33,35). The zero-order valence-corrected chi connectivity index (χ0v) is 23.2. The number of benzene rings is 2. The van der Waals surface area contributed by atoms with Crippen LogP contribution in [0.4, 0.5) is 5.69 Å². The van der Waals surface area contributed by atoms with Crippen LogP contribution in [-0.2, 0) is 20.4 Å². The SMILES string of the molecule is CCS(=O)(=O)NC1CCC(CC(=O)Nc2cnc(-c3ccc(C(C)(C)N)cc3)c(-c3ccccc3)c2)CC1. The first-order valence-corrected chi connectivity index (χ1v) is 14.9. The van der Waals surface area contributed by atoms with E-state index in [4.69, 9.17) is 10.7 Å². The molecule has 1 aliphatic carbocycles. The summed E-state index contributed by atoms with van der Waals surface area (Å²) in [5.74, 6) is 0.277. The Balaban J connectivity index is 1.47. The number of sulfonamides is 1. The molecule has 0 atom stereocenters. The molecule has 7 nitrogen and oxygen atoms in total. The van der Waals surface area contributed by atoms with Crippen molar-refractivity contribution in [2.24, 2.45) is 11.7 Å². The number of anilines is 1. The van der Waals surface area contributed by atoms with Crippen molar-refractivity contribution in [1.29, 1.82) is 0 Å². The van der Waals surface area contributed by atoms with Gasteiger partial charge in [-0.2, -0.15) is 0 Å². The van der Waals surface area contributed by atoms with Crippen molar-refractivity contribution >= 4 is 21.6 Å². The number of aromatic nitrogens is 1. The molecule has 1 fully saturated rings. The summed E-state index contributed by atoms with van der Waals surface area (Å²) in [5.41, 5.74) is 11.3. The van der Waals surface area contributed by atoms with Crippen LogP contribution in [0.3, 0.4) is 0 Å². The van der Waals surface area contributed by atoms with E-state index < -0.39 is 15.6 Å². The van der Waals surface area contributed by atoms with Gasteiger partial charge in [-0.15, -0.1) is 0 Å². The van der Waals surface area contributed by atoms with Crippen molar-refractivity contribution < 1.29 is 13.2 Å². The third kappa shape index (κ3) is 7.28. The Kier molecular flexibility index (Phi) is 8.65. The van der Waals surface area contributed by atoms with Crippen molar-refractivity contribution in [3.63, 3.8) is 0 Å². The van der Waals surface area contributed by atoms with Crippen LogP contribution in [0.1, 0.15) is 58.4 Å². The monoisotopic (exact) mass is 534 g/mol. The Morgan fingerprint density at radius 1 is 1.00 bits per heavy atom. The average Bonchev–Trinajstić information content (AvgIpc) is 2.90. The molecule has 4 rings (SSSR count). The van der Waals surface area contributed by atoms with Crippen LogP contribution in [0.15, 0.2) is 66.9 Å². The van der Waals surface area contributed by atoms with Gasteiger partial charge in [0, 0.05) is 29.1 Å². The highest BCUT2D eigenvalue weighted by atomic mass is 32.2. The Morgan fingerprint density at radius 3 is 2.26 bits per heavy atom. The molecule has 0 spiro atoms. The number of hydrogen-bond acceptors (Lipinski definition) is 5. The lowest BCUT2D eigenvalue weighted by molar-refractivity contribution is -0.117. The second kappa shape index (κ2) is 11.8. The molecule has 1 amide bonds. The van der Waals surface area contributed by atoms with E-state index in [1.165, 1.54) is 0 Å². The molecule has 0 saturated heterocycles. The van der Waals surface area contributed by atoms with Crippen molar-refractivity contribution in [2.45, 2.75) is 64.5 Å². The number of hydrogen-bond donors (Lipinski definition) is 3. The van der Waals surface area contributed by atoms with E-state index in [0.29, 0.717) is 12.1 Å². The van der Waals surface area contributed by atoms with Crippen molar-refractivity contribution in [1.82, 2.24) is 9.71 Å². The number of nitrogens with zero attached hydrogens (tertiary/aromatic N) is 1. The van der Waals surface area contributed by atoms with Gasteiger partial charge in [0.1, 0.15) is 0 Å². The summed E-state index contributed by atoms with van der Waals surface area (Å²) in [4.78, 5) is 17.7. The lowest BCUT2D eigenvalue weighted by Gasteiger charge is -2.28. The zero-order valence-electron chi connectivity index (χ0n) is 22.4. The maximum atomic E-state index is 12.9. The van der Waals surface area contributed by atoms with Gasteiger partial charge < -0.3 is 11.1 Å². The second-order valence-electron chi connectivity index (χ2n) is 10.8. The topological polar surface area (TPSA) is 114 Å². The molecule has 1 saturated carbocycles. The summed E-state index contributed by atoms with van der Waals surface area (Å²) in [6.07, 6.45) is 5.28. The maximum Gasteiger partial charge on any atom is 0.224 e. The van der Waals surface area contributed by atoms with Crippen LogP contribution >= 0.6 is 0 Å². The van der Waals surface area contributed by atoms with Gasteiger partial charge in [-0.3, -0.25) is 9.78 Å². The summed E-state index contributed by atoms with van der Waals surface area (Å²) in [7, 11) is -3.20. The molecule has 3 aromatic rings. The first-order valence-electron chi connectivity index (χ1n) is 13.3. The van der Waals surface area contributed by atoms with Gasteiger partial charge >= 0.3 is 0 Å². The van der Waals surface area contributed by atoms with E-state index in [1.54, 1.807) is 13.1 Å². The number of amides is 1. The molecule has 1 heterocycles. The summed E-state index contributed by atoms with van der Waals surface area (Å²) in [5, 5.41) is 3.04. The molecule has 4 N–H and O–H groups in total. The first-order chi connectivity index (χ1) is 18.0. The first kappa shape index (κ1) is 28.0. The molecular weight excluding hydrogens is 496 g/mol. The Bertz CT molecular complexity index is 1340. The molecule has 0 aliphatic heterocycles. The van der Waals surface area contributed by atoms with Gasteiger partial charge in [0.05, 0.1) is 23.3 Å². The number of carbonyl (C=O) groups excluding carboxylic acids is 1. The van der Waals surface area contributed by atoms with E-state index in [2.05, 4.69) is 10.0 Å². The highest BCUT2D eigenvalue weighted by Crippen LogP contribution is 2.34. The van der Waals surface area contributed by atoms with E-state index in [-0.39, 0.29) is 23.6 Å². The number of nitrogens with one attached hydrogen (secondary N) is 2. The zero-order chi connectivity index (χ0) is 27.3. The fourth-order valence-corrected chi connectivity index (χ4v) is 5.86. The van der Waals surface area contributed by atoms with Gasteiger partial charge in [-0.25, -0.2) is 13.1 Å². The van der Waals surface area contributed by atoms with Crippen LogP contribution in [0.5, 0.6) is 0 Å². The van der Waals surface area contributed by atoms with Gasteiger partial charge in [0.2, 0.25) is 15.9 Å². The Labute approximate surface area is 226 Å². The maximum absolute atomic E-state index is 12.9.